The molecule has 21 heteroatoms. The summed E-state index contributed by atoms with van der Waals surface area (Å²) in [6.07, 6.45) is -23.0. The smallest absolute Gasteiger partial charge is 0.194 e. The Bertz CT molecular complexity index is 901. The van der Waals surface area contributed by atoms with E-state index in [-0.39, 0.29) is 6.07 Å². The lowest BCUT2D eigenvalue weighted by atomic mass is 9.83. The zero-order chi connectivity index (χ0) is 29.4. The standard InChI is InChI=1S/C15H2F21/c16-7(17,10(22,23)13(28,29)30)4-2-1-3-5(8(18,19)11(24,25)14(31,32)33)6(4)9(20,21)12(26,27)15(34,35)36/h1-2H. The van der Waals surface area contributed by atoms with Crippen LogP contribution in [0.15, 0.2) is 12.1 Å². The van der Waals surface area contributed by atoms with Gasteiger partial charge < -0.3 is 0 Å². The van der Waals surface area contributed by atoms with Gasteiger partial charge in [0.1, 0.15) is 0 Å². The molecule has 0 saturated heterocycles. The monoisotopic (exact) mass is 581 g/mol. The molecule has 1 aromatic carbocycles. The van der Waals surface area contributed by atoms with Crippen molar-refractivity contribution in [2.45, 2.75) is 54.1 Å². The molecule has 0 aliphatic carbocycles. The van der Waals surface area contributed by atoms with Crippen molar-refractivity contribution in [3.63, 3.8) is 0 Å². The maximum Gasteiger partial charge on any atom is 0.460 e. The first-order valence-corrected chi connectivity index (χ1v) is 7.88. The SMILES string of the molecule is FC(F)(F)C(F)(F)C(F)(F)c1[c]ccc(C(F)(F)C(F)(F)C(F)(F)F)c1C(F)(F)C(F)(F)C(F)(F)F. The number of rotatable bonds is 6. The molecule has 0 spiro atoms. The van der Waals surface area contributed by atoms with E-state index in [1.165, 1.54) is 0 Å². The predicted molar refractivity (Wildman–Crippen MR) is 70.0 cm³/mol. The topological polar surface area (TPSA) is 0 Å². The van der Waals surface area contributed by atoms with Crippen molar-refractivity contribution in [3.8, 4) is 0 Å². The van der Waals surface area contributed by atoms with Crippen LogP contribution in [0.1, 0.15) is 16.7 Å². The molecular weight excluding hydrogens is 579 g/mol. The van der Waals surface area contributed by atoms with Crippen molar-refractivity contribution in [1.29, 1.82) is 0 Å². The lowest BCUT2D eigenvalue weighted by Crippen LogP contribution is -2.56. The molecular formula is C15H2F21. The van der Waals surface area contributed by atoms with Gasteiger partial charge in [-0.1, -0.05) is 12.1 Å². The highest BCUT2D eigenvalue weighted by atomic mass is 19.4. The lowest BCUT2D eigenvalue weighted by molar-refractivity contribution is -0.371. The molecule has 0 saturated carbocycles. The minimum Gasteiger partial charge on any atom is -0.194 e. The van der Waals surface area contributed by atoms with Gasteiger partial charge in [-0.05, 0) is 6.07 Å². The molecule has 209 valence electrons. The first-order valence-electron chi connectivity index (χ1n) is 7.88. The van der Waals surface area contributed by atoms with Crippen LogP contribution in [0.3, 0.4) is 0 Å². The highest BCUT2D eigenvalue weighted by Gasteiger charge is 2.81. The van der Waals surface area contributed by atoms with Gasteiger partial charge in [-0.25, -0.2) is 0 Å². The minimum absolute atomic E-state index is 0.118. The van der Waals surface area contributed by atoms with Crippen molar-refractivity contribution in [3.05, 3.63) is 34.9 Å². The van der Waals surface area contributed by atoms with Crippen LogP contribution >= 0.6 is 0 Å². The summed E-state index contributed by atoms with van der Waals surface area (Å²) in [5.74, 6) is -46.6. The number of hydrogen-bond donors (Lipinski definition) is 0. The van der Waals surface area contributed by atoms with Crippen LogP contribution in [0.25, 0.3) is 0 Å². The normalized spacial score (nSPS) is 15.9. The van der Waals surface area contributed by atoms with Crippen molar-refractivity contribution in [1.82, 2.24) is 0 Å². The molecule has 36 heavy (non-hydrogen) atoms. The lowest BCUT2D eigenvalue weighted by Gasteiger charge is -2.37. The van der Waals surface area contributed by atoms with E-state index in [9.17, 15) is 92.2 Å². The molecule has 0 atom stereocenters. The summed E-state index contributed by atoms with van der Waals surface area (Å²) in [5, 5.41) is 0. The molecule has 1 rings (SSSR count). The minimum atomic E-state index is -8.01. The molecule has 1 aromatic rings. The van der Waals surface area contributed by atoms with Crippen LogP contribution < -0.4 is 0 Å². The molecule has 0 amide bonds. The Kier molecular flexibility index (Phi) is 7.17. The first kappa shape index (κ1) is 31.8. The van der Waals surface area contributed by atoms with Crippen LogP contribution in [0.5, 0.6) is 0 Å². The third-order valence-corrected chi connectivity index (χ3v) is 4.21. The average Bonchev–Trinajstić information content (AvgIpc) is 2.64. The van der Waals surface area contributed by atoms with E-state index < -0.39 is 82.9 Å². The Morgan fingerprint density at radius 1 is 0.417 bits per heavy atom. The quantitative estimate of drug-likeness (QED) is 0.297. The van der Waals surface area contributed by atoms with Crippen LogP contribution in [0, 0.1) is 6.07 Å². The summed E-state index contributed by atoms with van der Waals surface area (Å²) in [5.41, 5.74) is -13.3. The Morgan fingerprint density at radius 3 is 1.06 bits per heavy atom. The summed E-state index contributed by atoms with van der Waals surface area (Å²) in [6, 6.07) is -2.23. The number of alkyl halides is 21. The zero-order valence-corrected chi connectivity index (χ0v) is 15.6. The maximum atomic E-state index is 14.2. The van der Waals surface area contributed by atoms with Crippen LogP contribution in [-0.2, 0) is 17.8 Å². The van der Waals surface area contributed by atoms with Gasteiger partial charge in [0.2, 0.25) is 0 Å². The van der Waals surface area contributed by atoms with Gasteiger partial charge in [-0.15, -0.1) is 0 Å². The highest BCUT2D eigenvalue weighted by Crippen LogP contribution is 2.61. The first-order chi connectivity index (χ1) is 15.3. The van der Waals surface area contributed by atoms with E-state index >= 15 is 0 Å². The van der Waals surface area contributed by atoms with Crippen LogP contribution in [-0.4, -0.2) is 36.3 Å². The number of hydrogen-bond acceptors (Lipinski definition) is 0. The van der Waals surface area contributed by atoms with E-state index in [1.807, 2.05) is 0 Å². The van der Waals surface area contributed by atoms with Gasteiger partial charge >= 0.3 is 54.1 Å². The van der Waals surface area contributed by atoms with Gasteiger partial charge in [0.05, 0.1) is 0 Å². The third kappa shape index (κ3) is 4.28. The van der Waals surface area contributed by atoms with Crippen LogP contribution in [0.2, 0.25) is 0 Å². The van der Waals surface area contributed by atoms with Crippen LogP contribution in [0.4, 0.5) is 92.2 Å². The van der Waals surface area contributed by atoms with Gasteiger partial charge in [-0.2, -0.15) is 92.2 Å². The number of benzene rings is 1. The highest BCUT2D eigenvalue weighted by molar-refractivity contribution is 5.46. The van der Waals surface area contributed by atoms with Gasteiger partial charge in [0.15, 0.2) is 0 Å². The zero-order valence-electron chi connectivity index (χ0n) is 15.6. The van der Waals surface area contributed by atoms with Crippen molar-refractivity contribution in [2.24, 2.45) is 0 Å². The fourth-order valence-corrected chi connectivity index (χ4v) is 2.35. The maximum absolute atomic E-state index is 14.2. The fraction of sp³-hybridized carbons (Fsp3) is 0.600. The van der Waals surface area contributed by atoms with E-state index in [4.69, 9.17) is 0 Å². The van der Waals surface area contributed by atoms with E-state index in [2.05, 4.69) is 0 Å². The summed E-state index contributed by atoms with van der Waals surface area (Å²) in [7, 11) is 0. The predicted octanol–water partition coefficient (Wildman–Crippen LogP) is 8.35. The van der Waals surface area contributed by atoms with E-state index in [0.717, 1.165) is 0 Å². The van der Waals surface area contributed by atoms with E-state index in [0.29, 0.717) is 0 Å². The summed E-state index contributed by atoms with van der Waals surface area (Å²) in [4.78, 5) is 0. The third-order valence-electron chi connectivity index (χ3n) is 4.21. The number of halogens is 21. The Labute approximate surface area is 182 Å². The van der Waals surface area contributed by atoms with Crippen molar-refractivity contribution >= 4 is 0 Å². The average molecular weight is 581 g/mol. The Hall–Kier alpha value is -2.25. The largest absolute Gasteiger partial charge is 0.460 e. The summed E-state index contributed by atoms with van der Waals surface area (Å²) < 4.78 is 276. The molecule has 1 radical (unpaired) electrons. The van der Waals surface area contributed by atoms with Gasteiger partial charge in [-0.3, -0.25) is 0 Å². The molecule has 0 unspecified atom stereocenters. The van der Waals surface area contributed by atoms with Gasteiger partial charge in [0, 0.05) is 16.7 Å². The molecule has 0 bridgehead atoms. The van der Waals surface area contributed by atoms with Crippen molar-refractivity contribution in [2.75, 3.05) is 0 Å². The Balaban J connectivity index is 4.41. The van der Waals surface area contributed by atoms with Gasteiger partial charge in [0.25, 0.3) is 0 Å². The molecule has 0 aromatic heterocycles. The Morgan fingerprint density at radius 2 is 0.722 bits per heavy atom. The summed E-state index contributed by atoms with van der Waals surface area (Å²) >= 11 is 0. The second-order valence-electron chi connectivity index (χ2n) is 6.58. The van der Waals surface area contributed by atoms with Crippen molar-refractivity contribution < 1.29 is 92.2 Å². The second-order valence-corrected chi connectivity index (χ2v) is 6.58. The molecule has 0 heterocycles. The molecule has 0 aliphatic heterocycles. The second kappa shape index (κ2) is 8.12. The molecule has 0 nitrogen and oxygen atoms in total. The molecule has 0 aliphatic rings. The molecule has 0 fully saturated rings. The summed E-state index contributed by atoms with van der Waals surface area (Å²) in [6.45, 7) is 0. The fourth-order valence-electron chi connectivity index (χ4n) is 2.35. The van der Waals surface area contributed by atoms with E-state index in [1.54, 1.807) is 0 Å². The molecule has 0 N–H and O–H groups in total.